The van der Waals surface area contributed by atoms with Crippen LogP contribution in [-0.2, 0) is 0 Å². The minimum atomic E-state index is 0.0382. The number of carbonyl (C=O) groups is 1. The Hall–Kier alpha value is -0.480. The molecule has 0 N–H and O–H groups in total. The van der Waals surface area contributed by atoms with Gasteiger partial charge in [-0.15, -0.1) is 12.6 Å². The fraction of sp³-hybridized carbons (Fsp3) is 0.417. The van der Waals surface area contributed by atoms with Crippen molar-refractivity contribution < 1.29 is 4.79 Å². The normalized spacial score (nSPS) is 10.2. The summed E-state index contributed by atoms with van der Waals surface area (Å²) in [4.78, 5) is 14.6. The maximum absolute atomic E-state index is 12.1. The van der Waals surface area contributed by atoms with Crippen LogP contribution in [0.1, 0.15) is 30.1 Å². The molecule has 1 amide bonds. The lowest BCUT2D eigenvalue weighted by Crippen LogP contribution is -2.27. The van der Waals surface area contributed by atoms with Gasteiger partial charge in [-0.1, -0.05) is 13.3 Å². The van der Waals surface area contributed by atoms with Crippen LogP contribution in [0.3, 0.4) is 0 Å². The monoisotopic (exact) mass is 301 g/mol. The topological polar surface area (TPSA) is 20.3 Å². The van der Waals surface area contributed by atoms with Crippen LogP contribution in [0.25, 0.3) is 0 Å². The molecule has 0 heterocycles. The molecule has 88 valence electrons. The number of hydrogen-bond donors (Lipinski definition) is 1. The van der Waals surface area contributed by atoms with E-state index in [1.807, 2.05) is 19.2 Å². The van der Waals surface area contributed by atoms with Crippen LogP contribution < -0.4 is 0 Å². The Bertz CT molecular complexity index is 381. The van der Waals surface area contributed by atoms with Crippen LogP contribution in [0, 0.1) is 0 Å². The van der Waals surface area contributed by atoms with Crippen LogP contribution in [-0.4, -0.2) is 24.4 Å². The van der Waals surface area contributed by atoms with Gasteiger partial charge in [-0.05, 0) is 40.5 Å². The summed E-state index contributed by atoms with van der Waals surface area (Å²) >= 11 is 7.63. The van der Waals surface area contributed by atoms with Gasteiger partial charge < -0.3 is 4.90 Å². The van der Waals surface area contributed by atoms with Crippen molar-refractivity contribution in [1.82, 2.24) is 4.90 Å². The molecule has 1 rings (SSSR count). The lowest BCUT2D eigenvalue weighted by Gasteiger charge is -2.17. The van der Waals surface area contributed by atoms with Crippen LogP contribution >= 0.6 is 28.6 Å². The molecule has 0 atom stereocenters. The van der Waals surface area contributed by atoms with Crippen molar-refractivity contribution in [2.24, 2.45) is 0 Å². The quantitative estimate of drug-likeness (QED) is 0.843. The van der Waals surface area contributed by atoms with E-state index in [-0.39, 0.29) is 5.91 Å². The Morgan fingerprint density at radius 1 is 1.50 bits per heavy atom. The van der Waals surface area contributed by atoms with Gasteiger partial charge in [-0.25, -0.2) is 0 Å². The third-order valence-electron chi connectivity index (χ3n) is 2.37. The highest BCUT2D eigenvalue weighted by Crippen LogP contribution is 2.21. The van der Waals surface area contributed by atoms with E-state index in [2.05, 4.69) is 35.5 Å². The minimum Gasteiger partial charge on any atom is -0.342 e. The van der Waals surface area contributed by atoms with Gasteiger partial charge in [0.05, 0.1) is 5.56 Å². The summed E-state index contributed by atoms with van der Waals surface area (Å²) in [5.41, 5.74) is 0.672. The van der Waals surface area contributed by atoms with Crippen molar-refractivity contribution in [1.29, 1.82) is 0 Å². The number of thiol groups is 1. The van der Waals surface area contributed by atoms with Crippen molar-refractivity contribution in [3.8, 4) is 0 Å². The molecule has 0 spiro atoms. The molecule has 0 aliphatic carbocycles. The minimum absolute atomic E-state index is 0.0382. The third-order valence-corrected chi connectivity index (χ3v) is 3.34. The molecular formula is C12H16BrNOS. The lowest BCUT2D eigenvalue weighted by molar-refractivity contribution is 0.0792. The molecule has 16 heavy (non-hydrogen) atoms. The summed E-state index contributed by atoms with van der Waals surface area (Å²) < 4.78 is 0.818. The van der Waals surface area contributed by atoms with Gasteiger partial charge in [0.1, 0.15) is 0 Å². The van der Waals surface area contributed by atoms with Crippen LogP contribution in [0.4, 0.5) is 0 Å². The molecule has 0 aliphatic heterocycles. The lowest BCUT2D eigenvalue weighted by atomic mass is 10.2. The fourth-order valence-electron chi connectivity index (χ4n) is 1.38. The maximum Gasteiger partial charge on any atom is 0.254 e. The van der Waals surface area contributed by atoms with Crippen LogP contribution in [0.2, 0.25) is 0 Å². The summed E-state index contributed by atoms with van der Waals surface area (Å²) in [6, 6.07) is 5.50. The van der Waals surface area contributed by atoms with E-state index in [1.165, 1.54) is 0 Å². The van der Waals surface area contributed by atoms with E-state index in [1.54, 1.807) is 11.0 Å². The van der Waals surface area contributed by atoms with Gasteiger partial charge >= 0.3 is 0 Å². The second-order valence-electron chi connectivity index (χ2n) is 3.74. The van der Waals surface area contributed by atoms with Gasteiger partial charge in [0.15, 0.2) is 0 Å². The number of unbranched alkanes of at least 4 members (excludes halogenated alkanes) is 1. The van der Waals surface area contributed by atoms with Gasteiger partial charge in [0, 0.05) is 23.0 Å². The van der Waals surface area contributed by atoms with E-state index in [0.717, 1.165) is 28.8 Å². The molecule has 1 aromatic carbocycles. The first-order chi connectivity index (χ1) is 7.56. The predicted octanol–water partition coefficient (Wildman–Crippen LogP) is 3.61. The smallest absolute Gasteiger partial charge is 0.254 e. The number of benzene rings is 1. The first-order valence-electron chi connectivity index (χ1n) is 5.30. The van der Waals surface area contributed by atoms with Gasteiger partial charge in [0.2, 0.25) is 0 Å². The summed E-state index contributed by atoms with van der Waals surface area (Å²) in [6.45, 7) is 2.90. The van der Waals surface area contributed by atoms with Crippen molar-refractivity contribution in [2.75, 3.05) is 13.6 Å². The molecule has 0 aliphatic rings. The second kappa shape index (κ2) is 6.30. The standard InChI is InChI=1S/C12H16BrNOS/c1-3-4-7-14(2)12(15)10-8-9(16)5-6-11(10)13/h5-6,8,16H,3-4,7H2,1-2H3. The number of carbonyl (C=O) groups excluding carboxylic acids is 1. The molecule has 0 bridgehead atoms. The van der Waals surface area contributed by atoms with Crippen LogP contribution in [0.15, 0.2) is 27.6 Å². The van der Waals surface area contributed by atoms with Crippen molar-refractivity contribution >= 4 is 34.5 Å². The predicted molar refractivity (Wildman–Crippen MR) is 73.3 cm³/mol. The summed E-state index contributed by atoms with van der Waals surface area (Å²) in [5, 5.41) is 0. The maximum atomic E-state index is 12.1. The molecule has 0 fully saturated rings. The largest absolute Gasteiger partial charge is 0.342 e. The number of amides is 1. The zero-order valence-corrected chi connectivity index (χ0v) is 12.0. The van der Waals surface area contributed by atoms with Crippen LogP contribution in [0.5, 0.6) is 0 Å². The molecular weight excluding hydrogens is 286 g/mol. The molecule has 0 unspecified atom stereocenters. The molecule has 0 aromatic heterocycles. The highest BCUT2D eigenvalue weighted by molar-refractivity contribution is 9.10. The summed E-state index contributed by atoms with van der Waals surface area (Å²) in [5.74, 6) is 0.0382. The van der Waals surface area contributed by atoms with Crippen molar-refractivity contribution in [3.05, 3.63) is 28.2 Å². The molecule has 0 saturated carbocycles. The summed E-state index contributed by atoms with van der Waals surface area (Å²) in [7, 11) is 1.83. The van der Waals surface area contributed by atoms with Gasteiger partial charge in [-0.2, -0.15) is 0 Å². The van der Waals surface area contributed by atoms with Crippen molar-refractivity contribution in [3.63, 3.8) is 0 Å². The Labute approximate surface area is 111 Å². The molecule has 4 heteroatoms. The molecule has 2 nitrogen and oxygen atoms in total. The average molecular weight is 302 g/mol. The Kier molecular flexibility index (Phi) is 5.35. The fourth-order valence-corrected chi connectivity index (χ4v) is 2.00. The highest BCUT2D eigenvalue weighted by Gasteiger charge is 2.14. The third kappa shape index (κ3) is 3.52. The molecule has 0 saturated heterocycles. The molecule has 1 aromatic rings. The Morgan fingerprint density at radius 2 is 2.19 bits per heavy atom. The number of rotatable bonds is 4. The number of nitrogens with zero attached hydrogens (tertiary/aromatic N) is 1. The van der Waals surface area contributed by atoms with Gasteiger partial charge in [0.25, 0.3) is 5.91 Å². The zero-order chi connectivity index (χ0) is 12.1. The first kappa shape index (κ1) is 13.6. The van der Waals surface area contributed by atoms with Crippen molar-refractivity contribution in [2.45, 2.75) is 24.7 Å². The van der Waals surface area contributed by atoms with E-state index in [9.17, 15) is 4.79 Å². The molecule has 0 radical (unpaired) electrons. The van der Waals surface area contributed by atoms with E-state index in [0.29, 0.717) is 5.56 Å². The highest BCUT2D eigenvalue weighted by atomic mass is 79.9. The SMILES string of the molecule is CCCCN(C)C(=O)c1cc(S)ccc1Br. The summed E-state index contributed by atoms with van der Waals surface area (Å²) in [6.07, 6.45) is 2.12. The Balaban J connectivity index is 2.83. The van der Waals surface area contributed by atoms with E-state index < -0.39 is 0 Å². The second-order valence-corrected chi connectivity index (χ2v) is 5.12. The number of halogens is 1. The average Bonchev–Trinajstić information content (AvgIpc) is 2.28. The van der Waals surface area contributed by atoms with E-state index in [4.69, 9.17) is 0 Å². The number of hydrogen-bond acceptors (Lipinski definition) is 2. The Morgan fingerprint density at radius 3 is 2.81 bits per heavy atom. The van der Waals surface area contributed by atoms with E-state index >= 15 is 0 Å². The first-order valence-corrected chi connectivity index (χ1v) is 6.54. The zero-order valence-electron chi connectivity index (χ0n) is 9.53. The van der Waals surface area contributed by atoms with Gasteiger partial charge in [-0.3, -0.25) is 4.79 Å².